The van der Waals surface area contributed by atoms with Crippen molar-refractivity contribution in [1.82, 2.24) is 9.78 Å². The molecule has 0 spiro atoms. The Morgan fingerprint density at radius 3 is 2.44 bits per heavy atom. The summed E-state index contributed by atoms with van der Waals surface area (Å²) in [5.74, 6) is -1.03. The van der Waals surface area contributed by atoms with Crippen LogP contribution in [0.15, 0.2) is 35.1 Å². The second-order valence-corrected chi connectivity index (χ2v) is 6.80. The average molecular weight is 342 g/mol. The maximum atomic E-state index is 12.7. The monoisotopic (exact) mass is 342 g/mol. The Morgan fingerprint density at radius 1 is 1.20 bits per heavy atom. The summed E-state index contributed by atoms with van der Waals surface area (Å²) in [4.78, 5) is 37.5. The number of hydrogen-bond acceptors (Lipinski definition) is 5. The smallest absolute Gasteiger partial charge is 0.343 e. The molecule has 1 aromatic heterocycles. The van der Waals surface area contributed by atoms with Gasteiger partial charge in [0.25, 0.3) is 5.56 Å². The molecular weight excluding hydrogens is 320 g/mol. The first-order chi connectivity index (χ1) is 11.6. The molecule has 2 aromatic rings. The Hall–Kier alpha value is -2.76. The lowest BCUT2D eigenvalue weighted by Gasteiger charge is -2.17. The molecular formula is C19H22N2O4. The normalized spacial score (nSPS) is 11.2. The molecule has 0 saturated carbocycles. The SMILES string of the molecule is CCOC(=O)c1cc(C(=O)C(C)(C)C)nn(-c2cccc(C)c2)c1=O. The first-order valence-corrected chi connectivity index (χ1v) is 8.08. The van der Waals surface area contributed by atoms with Gasteiger partial charge in [-0.1, -0.05) is 32.9 Å². The van der Waals surface area contributed by atoms with E-state index >= 15 is 0 Å². The zero-order chi connectivity index (χ0) is 18.8. The molecule has 2 rings (SSSR count). The van der Waals surface area contributed by atoms with Crippen LogP contribution in [0.4, 0.5) is 0 Å². The van der Waals surface area contributed by atoms with E-state index in [0.29, 0.717) is 5.69 Å². The molecule has 0 aliphatic heterocycles. The van der Waals surface area contributed by atoms with Crippen LogP contribution in [0.3, 0.4) is 0 Å². The zero-order valence-corrected chi connectivity index (χ0v) is 15.1. The van der Waals surface area contributed by atoms with Crippen LogP contribution < -0.4 is 5.56 Å². The lowest BCUT2D eigenvalue weighted by Crippen LogP contribution is -2.32. The van der Waals surface area contributed by atoms with Crippen molar-refractivity contribution in [3.63, 3.8) is 0 Å². The summed E-state index contributed by atoms with van der Waals surface area (Å²) < 4.78 is 6.03. The number of aryl methyl sites for hydroxylation is 1. The van der Waals surface area contributed by atoms with Gasteiger partial charge in [0.15, 0.2) is 5.78 Å². The number of carbonyl (C=O) groups excluding carboxylic acids is 2. The van der Waals surface area contributed by atoms with Gasteiger partial charge in [-0.15, -0.1) is 0 Å². The second kappa shape index (κ2) is 7.01. The van der Waals surface area contributed by atoms with Crippen molar-refractivity contribution >= 4 is 11.8 Å². The van der Waals surface area contributed by atoms with Crippen molar-refractivity contribution in [2.24, 2.45) is 5.41 Å². The number of carbonyl (C=O) groups is 2. The minimum atomic E-state index is -0.765. The standard InChI is InChI=1S/C19H22N2O4/c1-6-25-18(24)14-11-15(16(22)19(3,4)5)20-21(17(14)23)13-9-7-8-12(2)10-13/h7-11H,6H2,1-5H3. The summed E-state index contributed by atoms with van der Waals surface area (Å²) in [7, 11) is 0. The van der Waals surface area contributed by atoms with Crippen LogP contribution >= 0.6 is 0 Å². The fourth-order valence-corrected chi connectivity index (χ4v) is 2.28. The molecule has 0 aliphatic rings. The highest BCUT2D eigenvalue weighted by molar-refractivity contribution is 6.00. The highest BCUT2D eigenvalue weighted by Crippen LogP contribution is 2.20. The minimum absolute atomic E-state index is 0.0525. The number of nitrogens with zero attached hydrogens (tertiary/aromatic N) is 2. The van der Waals surface area contributed by atoms with Gasteiger partial charge in [-0.3, -0.25) is 9.59 Å². The molecule has 0 atom stereocenters. The highest BCUT2D eigenvalue weighted by atomic mass is 16.5. The number of Topliss-reactive ketones (excluding diaryl/α,β-unsaturated/α-hetero) is 1. The number of esters is 1. The Labute approximate surface area is 146 Å². The predicted octanol–water partition coefficient (Wildman–Crippen LogP) is 2.95. The third-order valence-corrected chi connectivity index (χ3v) is 3.57. The van der Waals surface area contributed by atoms with Gasteiger partial charge in [-0.2, -0.15) is 9.78 Å². The first-order valence-electron chi connectivity index (χ1n) is 8.08. The van der Waals surface area contributed by atoms with E-state index in [4.69, 9.17) is 4.74 Å². The quantitative estimate of drug-likeness (QED) is 0.630. The van der Waals surface area contributed by atoms with E-state index in [-0.39, 0.29) is 23.6 Å². The van der Waals surface area contributed by atoms with Crippen LogP contribution in [-0.2, 0) is 4.74 Å². The van der Waals surface area contributed by atoms with E-state index in [1.807, 2.05) is 13.0 Å². The van der Waals surface area contributed by atoms with E-state index in [9.17, 15) is 14.4 Å². The molecule has 6 nitrogen and oxygen atoms in total. The van der Waals surface area contributed by atoms with Crippen LogP contribution in [0.2, 0.25) is 0 Å². The van der Waals surface area contributed by atoms with Gasteiger partial charge in [0.2, 0.25) is 0 Å². The van der Waals surface area contributed by atoms with Gasteiger partial charge in [-0.25, -0.2) is 4.79 Å². The first kappa shape index (κ1) is 18.6. The van der Waals surface area contributed by atoms with Gasteiger partial charge in [0, 0.05) is 5.41 Å². The van der Waals surface area contributed by atoms with Crippen LogP contribution in [0.5, 0.6) is 0 Å². The number of aromatic nitrogens is 2. The Morgan fingerprint density at radius 2 is 1.88 bits per heavy atom. The van der Waals surface area contributed by atoms with E-state index < -0.39 is 16.9 Å². The fraction of sp³-hybridized carbons (Fsp3) is 0.368. The van der Waals surface area contributed by atoms with Crippen LogP contribution in [0.1, 0.15) is 54.1 Å². The number of rotatable bonds is 4. The van der Waals surface area contributed by atoms with Crippen LogP contribution in [-0.4, -0.2) is 28.1 Å². The summed E-state index contributed by atoms with van der Waals surface area (Å²) in [6.45, 7) is 8.92. The van der Waals surface area contributed by atoms with E-state index in [1.165, 1.54) is 6.07 Å². The third kappa shape index (κ3) is 4.02. The van der Waals surface area contributed by atoms with Gasteiger partial charge in [-0.05, 0) is 37.6 Å². The van der Waals surface area contributed by atoms with Crippen LogP contribution in [0.25, 0.3) is 5.69 Å². The zero-order valence-electron chi connectivity index (χ0n) is 15.1. The fourth-order valence-electron chi connectivity index (χ4n) is 2.28. The van der Waals surface area contributed by atoms with Gasteiger partial charge < -0.3 is 4.74 Å². The summed E-state index contributed by atoms with van der Waals surface area (Å²) in [6.07, 6.45) is 0. The second-order valence-electron chi connectivity index (χ2n) is 6.80. The molecule has 0 bridgehead atoms. The lowest BCUT2D eigenvalue weighted by atomic mass is 9.88. The molecule has 0 fully saturated rings. The summed E-state index contributed by atoms with van der Waals surface area (Å²) in [5.41, 5.74) is -0.0546. The molecule has 0 unspecified atom stereocenters. The van der Waals surface area contributed by atoms with Gasteiger partial charge >= 0.3 is 5.97 Å². The lowest BCUT2D eigenvalue weighted by molar-refractivity contribution is 0.0523. The molecule has 1 aromatic carbocycles. The van der Waals surface area contributed by atoms with Crippen molar-refractivity contribution in [2.45, 2.75) is 34.6 Å². The molecule has 132 valence electrons. The predicted molar refractivity (Wildman–Crippen MR) is 94.3 cm³/mol. The maximum Gasteiger partial charge on any atom is 0.343 e. The maximum absolute atomic E-state index is 12.7. The van der Waals surface area contributed by atoms with Crippen molar-refractivity contribution in [3.8, 4) is 5.69 Å². The molecule has 25 heavy (non-hydrogen) atoms. The third-order valence-electron chi connectivity index (χ3n) is 3.57. The number of ether oxygens (including phenoxy) is 1. The van der Waals surface area contributed by atoms with E-state index in [1.54, 1.807) is 45.9 Å². The van der Waals surface area contributed by atoms with E-state index in [0.717, 1.165) is 10.2 Å². The largest absolute Gasteiger partial charge is 0.462 e. The molecule has 1 heterocycles. The Bertz CT molecular complexity index is 876. The summed E-state index contributed by atoms with van der Waals surface area (Å²) in [6, 6.07) is 8.34. The molecule has 0 saturated heterocycles. The highest BCUT2D eigenvalue weighted by Gasteiger charge is 2.27. The van der Waals surface area contributed by atoms with Crippen molar-refractivity contribution in [2.75, 3.05) is 6.61 Å². The molecule has 0 aliphatic carbocycles. The van der Waals surface area contributed by atoms with Crippen molar-refractivity contribution in [1.29, 1.82) is 0 Å². The molecule has 6 heteroatoms. The molecule has 0 amide bonds. The summed E-state index contributed by atoms with van der Waals surface area (Å²) in [5, 5.41) is 4.20. The Kier molecular flexibility index (Phi) is 5.21. The number of hydrogen-bond donors (Lipinski definition) is 0. The minimum Gasteiger partial charge on any atom is -0.462 e. The molecule has 0 radical (unpaired) electrons. The number of ketones is 1. The van der Waals surface area contributed by atoms with Gasteiger partial charge in [0.05, 0.1) is 12.3 Å². The number of benzene rings is 1. The molecule has 0 N–H and O–H groups in total. The van der Waals surface area contributed by atoms with Gasteiger partial charge in [0.1, 0.15) is 11.3 Å². The van der Waals surface area contributed by atoms with Crippen LogP contribution in [0, 0.1) is 12.3 Å². The summed E-state index contributed by atoms with van der Waals surface area (Å²) >= 11 is 0. The van der Waals surface area contributed by atoms with Crippen molar-refractivity contribution < 1.29 is 14.3 Å². The van der Waals surface area contributed by atoms with E-state index in [2.05, 4.69) is 5.10 Å². The average Bonchev–Trinajstić information content (AvgIpc) is 2.53. The topological polar surface area (TPSA) is 78.3 Å². The van der Waals surface area contributed by atoms with Crippen molar-refractivity contribution in [3.05, 3.63) is 57.5 Å². The Balaban J connectivity index is 2.74.